The SMILES string of the molecule is CCOc1ccc2ccc(OCC)c(/C=C3\SC(=O)N(Cc4ccc5ccccc5c4)C3=O)c2c1. The van der Waals surface area contributed by atoms with Crippen LogP contribution in [0.25, 0.3) is 27.6 Å². The minimum Gasteiger partial charge on any atom is -0.494 e. The van der Waals surface area contributed by atoms with Crippen LogP contribution in [-0.2, 0) is 11.3 Å². The maximum absolute atomic E-state index is 13.3. The Bertz CT molecular complexity index is 1470. The van der Waals surface area contributed by atoms with Crippen molar-refractivity contribution in [3.05, 3.63) is 88.8 Å². The van der Waals surface area contributed by atoms with Crippen molar-refractivity contribution in [2.45, 2.75) is 20.4 Å². The van der Waals surface area contributed by atoms with Gasteiger partial charge in [-0.05, 0) is 83.1 Å². The van der Waals surface area contributed by atoms with Crippen molar-refractivity contribution in [2.75, 3.05) is 13.2 Å². The van der Waals surface area contributed by atoms with Crippen LogP contribution in [0, 0.1) is 0 Å². The lowest BCUT2D eigenvalue weighted by Gasteiger charge is -2.14. The maximum Gasteiger partial charge on any atom is 0.293 e. The molecule has 4 aromatic carbocycles. The van der Waals surface area contributed by atoms with Gasteiger partial charge in [0.25, 0.3) is 11.1 Å². The molecule has 0 bridgehead atoms. The number of nitrogens with zero attached hydrogens (tertiary/aromatic N) is 1. The second-order valence-corrected chi connectivity index (χ2v) is 9.17. The van der Waals surface area contributed by atoms with Crippen molar-refractivity contribution in [3.8, 4) is 11.5 Å². The van der Waals surface area contributed by atoms with Gasteiger partial charge in [0.15, 0.2) is 0 Å². The predicted octanol–water partition coefficient (Wildman–Crippen LogP) is 7.03. The van der Waals surface area contributed by atoms with Crippen molar-refractivity contribution >= 4 is 50.5 Å². The number of hydrogen-bond donors (Lipinski definition) is 0. The number of benzene rings is 4. The Balaban J connectivity index is 1.50. The van der Waals surface area contributed by atoms with Gasteiger partial charge in [-0.15, -0.1) is 0 Å². The van der Waals surface area contributed by atoms with Gasteiger partial charge in [-0.3, -0.25) is 14.5 Å². The second kappa shape index (κ2) is 9.84. The first-order chi connectivity index (χ1) is 17.1. The van der Waals surface area contributed by atoms with Crippen LogP contribution in [0.15, 0.2) is 77.7 Å². The molecule has 1 heterocycles. The minimum atomic E-state index is -0.298. The van der Waals surface area contributed by atoms with Crippen LogP contribution < -0.4 is 9.47 Å². The average molecular weight is 484 g/mol. The van der Waals surface area contributed by atoms with E-state index in [9.17, 15) is 9.59 Å². The molecule has 6 heteroatoms. The molecular formula is C29H25NO4S. The molecule has 5 rings (SSSR count). The summed E-state index contributed by atoms with van der Waals surface area (Å²) in [6.45, 7) is 5.13. The Hall–Kier alpha value is -3.77. The van der Waals surface area contributed by atoms with Gasteiger partial charge in [0.2, 0.25) is 0 Å². The summed E-state index contributed by atoms with van der Waals surface area (Å²) >= 11 is 0.961. The van der Waals surface area contributed by atoms with Crippen LogP contribution in [0.1, 0.15) is 25.0 Å². The van der Waals surface area contributed by atoms with Crippen LogP contribution >= 0.6 is 11.8 Å². The minimum absolute atomic E-state index is 0.231. The third kappa shape index (κ3) is 4.62. The van der Waals surface area contributed by atoms with Gasteiger partial charge >= 0.3 is 0 Å². The number of amides is 2. The van der Waals surface area contributed by atoms with Crippen LogP contribution in [0.2, 0.25) is 0 Å². The standard InChI is InChI=1S/C29H25NO4S/c1-3-33-23-13-11-21-12-14-26(34-4-2)25(24(21)16-23)17-27-28(31)30(29(32)35-27)18-19-9-10-20-7-5-6-8-22(20)15-19/h5-17H,3-4,18H2,1-2H3/b27-17-. The molecule has 176 valence electrons. The van der Waals surface area contributed by atoms with E-state index < -0.39 is 0 Å². The van der Waals surface area contributed by atoms with Gasteiger partial charge < -0.3 is 9.47 Å². The number of rotatable bonds is 7. The number of imide groups is 1. The molecule has 1 aliphatic rings. The van der Waals surface area contributed by atoms with Crippen LogP contribution in [0.4, 0.5) is 4.79 Å². The maximum atomic E-state index is 13.3. The molecule has 0 spiro atoms. The number of fused-ring (bicyclic) bond motifs is 2. The zero-order valence-electron chi connectivity index (χ0n) is 19.6. The van der Waals surface area contributed by atoms with Crippen molar-refractivity contribution in [3.63, 3.8) is 0 Å². The summed E-state index contributed by atoms with van der Waals surface area (Å²) in [7, 11) is 0. The van der Waals surface area contributed by atoms with Gasteiger partial charge in [-0.25, -0.2) is 0 Å². The van der Waals surface area contributed by atoms with E-state index in [1.165, 1.54) is 4.90 Å². The van der Waals surface area contributed by atoms with E-state index in [0.717, 1.165) is 50.2 Å². The lowest BCUT2D eigenvalue weighted by atomic mass is 10.0. The molecule has 0 saturated carbocycles. The molecule has 5 nitrogen and oxygen atoms in total. The van der Waals surface area contributed by atoms with Crippen LogP contribution in [0.3, 0.4) is 0 Å². The second-order valence-electron chi connectivity index (χ2n) is 8.18. The zero-order chi connectivity index (χ0) is 24.4. The lowest BCUT2D eigenvalue weighted by Crippen LogP contribution is -2.27. The third-order valence-corrected chi connectivity index (χ3v) is 6.82. The first-order valence-corrected chi connectivity index (χ1v) is 12.4. The fourth-order valence-electron chi connectivity index (χ4n) is 4.28. The highest BCUT2D eigenvalue weighted by Crippen LogP contribution is 2.38. The van der Waals surface area contributed by atoms with Crippen molar-refractivity contribution < 1.29 is 19.1 Å². The Morgan fingerprint density at radius 2 is 1.57 bits per heavy atom. The van der Waals surface area contributed by atoms with E-state index >= 15 is 0 Å². The van der Waals surface area contributed by atoms with E-state index in [1.807, 2.05) is 86.6 Å². The Labute approximate surface area is 208 Å². The van der Waals surface area contributed by atoms with E-state index in [0.29, 0.717) is 23.9 Å². The molecule has 4 aromatic rings. The van der Waals surface area contributed by atoms with Gasteiger partial charge in [0.1, 0.15) is 11.5 Å². The van der Waals surface area contributed by atoms with E-state index in [-0.39, 0.29) is 17.7 Å². The molecule has 0 atom stereocenters. The van der Waals surface area contributed by atoms with Crippen molar-refractivity contribution in [1.82, 2.24) is 4.90 Å². The third-order valence-electron chi connectivity index (χ3n) is 5.91. The molecule has 0 radical (unpaired) electrons. The van der Waals surface area contributed by atoms with Gasteiger partial charge in [-0.1, -0.05) is 48.5 Å². The first-order valence-electron chi connectivity index (χ1n) is 11.6. The number of ether oxygens (including phenoxy) is 2. The Morgan fingerprint density at radius 3 is 2.37 bits per heavy atom. The number of carbonyl (C=O) groups is 2. The Kier molecular flexibility index (Phi) is 6.47. The quantitative estimate of drug-likeness (QED) is 0.264. The average Bonchev–Trinajstić information content (AvgIpc) is 3.13. The topological polar surface area (TPSA) is 55.8 Å². The monoisotopic (exact) mass is 483 g/mol. The molecule has 35 heavy (non-hydrogen) atoms. The highest BCUT2D eigenvalue weighted by Gasteiger charge is 2.35. The van der Waals surface area contributed by atoms with E-state index in [1.54, 1.807) is 6.08 Å². The fourth-order valence-corrected chi connectivity index (χ4v) is 5.10. The van der Waals surface area contributed by atoms with Gasteiger partial charge in [0, 0.05) is 5.56 Å². The molecule has 0 aliphatic carbocycles. The summed E-state index contributed by atoms with van der Waals surface area (Å²) in [6, 6.07) is 23.8. The number of carbonyl (C=O) groups excluding carboxylic acids is 2. The molecule has 1 saturated heterocycles. The van der Waals surface area contributed by atoms with Gasteiger partial charge in [0.05, 0.1) is 24.7 Å². The highest BCUT2D eigenvalue weighted by atomic mass is 32.2. The summed E-state index contributed by atoms with van der Waals surface area (Å²) in [5.74, 6) is 1.11. The smallest absolute Gasteiger partial charge is 0.293 e. The van der Waals surface area contributed by atoms with Crippen molar-refractivity contribution in [2.24, 2.45) is 0 Å². The van der Waals surface area contributed by atoms with Crippen LogP contribution in [-0.4, -0.2) is 29.3 Å². The molecule has 1 aliphatic heterocycles. The Morgan fingerprint density at radius 1 is 0.829 bits per heavy atom. The zero-order valence-corrected chi connectivity index (χ0v) is 20.4. The molecule has 1 fully saturated rings. The molecule has 0 aromatic heterocycles. The normalized spacial score (nSPS) is 14.9. The van der Waals surface area contributed by atoms with E-state index in [4.69, 9.17) is 9.47 Å². The lowest BCUT2D eigenvalue weighted by molar-refractivity contribution is -0.123. The summed E-state index contributed by atoms with van der Waals surface area (Å²) in [4.78, 5) is 27.8. The van der Waals surface area contributed by atoms with Crippen LogP contribution in [0.5, 0.6) is 11.5 Å². The summed E-state index contributed by atoms with van der Waals surface area (Å²) in [5.41, 5.74) is 1.68. The molecule has 0 N–H and O–H groups in total. The van der Waals surface area contributed by atoms with Gasteiger partial charge in [-0.2, -0.15) is 0 Å². The molecule has 2 amide bonds. The predicted molar refractivity (Wildman–Crippen MR) is 142 cm³/mol. The number of thioether (sulfide) groups is 1. The molecule has 0 unspecified atom stereocenters. The number of hydrogen-bond acceptors (Lipinski definition) is 5. The summed E-state index contributed by atoms with van der Waals surface area (Å²) < 4.78 is 11.6. The summed E-state index contributed by atoms with van der Waals surface area (Å²) in [6.07, 6.45) is 1.77. The molecular weight excluding hydrogens is 458 g/mol. The highest BCUT2D eigenvalue weighted by molar-refractivity contribution is 8.18. The van der Waals surface area contributed by atoms with Crippen molar-refractivity contribution in [1.29, 1.82) is 0 Å². The fraction of sp³-hybridized carbons (Fsp3) is 0.172. The largest absolute Gasteiger partial charge is 0.494 e. The summed E-state index contributed by atoms with van der Waals surface area (Å²) in [5, 5.41) is 3.83. The van der Waals surface area contributed by atoms with E-state index in [2.05, 4.69) is 0 Å². The first kappa shape index (κ1) is 23.0.